The Kier molecular flexibility index (Phi) is 3.78. The Morgan fingerprint density at radius 3 is 2.62 bits per heavy atom. The number of phenolic OH excluding ortho intramolecular Hbond substituents is 1. The van der Waals surface area contributed by atoms with Gasteiger partial charge in [-0.15, -0.1) is 5.10 Å². The molecule has 0 amide bonds. The van der Waals surface area contributed by atoms with Crippen LogP contribution in [-0.2, 0) is 0 Å². The van der Waals surface area contributed by atoms with Gasteiger partial charge in [-0.2, -0.15) is 5.10 Å². The molecule has 1 aromatic carbocycles. The second kappa shape index (κ2) is 5.29. The van der Waals surface area contributed by atoms with E-state index in [0.29, 0.717) is 5.56 Å². The highest BCUT2D eigenvalue weighted by Gasteiger charge is 2.03. The Bertz CT molecular complexity index is 426. The fraction of sp³-hybridized carbons (Fsp3) is 0. The van der Waals surface area contributed by atoms with Gasteiger partial charge in [-0.05, 0) is 35.3 Å². The molecule has 0 radical (unpaired) electrons. The number of nitrogens with zero attached hydrogens (tertiary/aromatic N) is 3. The topological polar surface area (TPSA) is 123 Å². The smallest absolute Gasteiger partial charge is 0.362 e. The van der Waals surface area contributed by atoms with Crippen LogP contribution in [0.1, 0.15) is 5.56 Å². The quantitative estimate of drug-likeness (QED) is 0.319. The Balaban J connectivity index is 2.60. The summed E-state index contributed by atoms with van der Waals surface area (Å²) in [4.78, 5) is 10.0. The first kappa shape index (κ1) is 11.4. The molecule has 0 heterocycles. The van der Waals surface area contributed by atoms with E-state index in [1.54, 1.807) is 17.6 Å². The highest BCUT2D eigenvalue weighted by molar-refractivity contribution is 5.81. The average Bonchev–Trinajstić information content (AvgIpc) is 2.20. The summed E-state index contributed by atoms with van der Waals surface area (Å²) in [5, 5.41) is 23.5. The third-order valence-electron chi connectivity index (χ3n) is 1.48. The van der Waals surface area contributed by atoms with Crippen molar-refractivity contribution in [3.05, 3.63) is 34.7 Å². The molecule has 8 nitrogen and oxygen atoms in total. The van der Waals surface area contributed by atoms with Crippen molar-refractivity contribution < 1.29 is 15.3 Å². The number of phenols is 1. The maximum Gasteiger partial charge on any atom is 0.362 e. The van der Waals surface area contributed by atoms with Gasteiger partial charge in [0, 0.05) is 0 Å². The third-order valence-corrected chi connectivity index (χ3v) is 1.48. The number of nitrogens with one attached hydrogen (secondary N) is 1. The third kappa shape index (κ3) is 4.05. The highest BCUT2D eigenvalue weighted by atomic mass is 16.7. The van der Waals surface area contributed by atoms with Gasteiger partial charge >= 0.3 is 5.03 Å². The van der Waals surface area contributed by atoms with E-state index in [1.807, 2.05) is 0 Å². The molecule has 0 atom stereocenters. The Hall–Kier alpha value is -2.64. The van der Waals surface area contributed by atoms with Gasteiger partial charge in [0.1, 0.15) is 10.7 Å². The van der Waals surface area contributed by atoms with Crippen LogP contribution in [0.15, 0.2) is 34.5 Å². The van der Waals surface area contributed by atoms with E-state index in [4.69, 9.17) is 16.0 Å². The van der Waals surface area contributed by atoms with Crippen molar-refractivity contribution in [3.8, 4) is 5.75 Å². The first-order valence-corrected chi connectivity index (χ1v) is 4.16. The van der Waals surface area contributed by atoms with Crippen molar-refractivity contribution in [3.63, 3.8) is 0 Å². The molecule has 84 valence electrons. The standard InChI is InChI=1S/C8H9N5O3/c9-8(12-13(15)16)11-10-5-6-1-3-7(14)4-2-6/h1-5H,(H4-,9,10,11,12,14,15,16)/p+1. The molecule has 0 aliphatic carbocycles. The summed E-state index contributed by atoms with van der Waals surface area (Å²) in [5.41, 5.74) is 7.58. The number of hydrazine groups is 1. The molecule has 16 heavy (non-hydrogen) atoms. The van der Waals surface area contributed by atoms with Crippen LogP contribution in [0, 0.1) is 4.91 Å². The van der Waals surface area contributed by atoms with Crippen LogP contribution in [0.4, 0.5) is 0 Å². The molecule has 0 aliphatic rings. The average molecular weight is 224 g/mol. The van der Waals surface area contributed by atoms with E-state index in [9.17, 15) is 4.91 Å². The van der Waals surface area contributed by atoms with Crippen LogP contribution in [0.3, 0.4) is 0 Å². The van der Waals surface area contributed by atoms with Crippen molar-refractivity contribution in [2.75, 3.05) is 0 Å². The SMILES string of the molecule is N/C(=N\N=C\c1ccc(O)cc1)N[N+](=O)O. The zero-order valence-electron chi connectivity index (χ0n) is 8.11. The van der Waals surface area contributed by atoms with E-state index < -0.39 is 5.03 Å². The Labute approximate surface area is 90.2 Å². The Morgan fingerprint density at radius 2 is 2.06 bits per heavy atom. The molecule has 0 aromatic heterocycles. The molecule has 0 bridgehead atoms. The number of benzene rings is 1. The van der Waals surface area contributed by atoms with Gasteiger partial charge in [0.25, 0.3) is 5.96 Å². The summed E-state index contributed by atoms with van der Waals surface area (Å²) in [5.74, 6) is -0.211. The summed E-state index contributed by atoms with van der Waals surface area (Å²) >= 11 is 0. The summed E-state index contributed by atoms with van der Waals surface area (Å²) in [6.45, 7) is 0. The minimum absolute atomic E-state index is 0.143. The summed E-state index contributed by atoms with van der Waals surface area (Å²) in [6.07, 6.45) is 1.36. The second-order valence-electron chi connectivity index (χ2n) is 2.71. The molecular formula is C8H10N5O3+. The zero-order chi connectivity index (χ0) is 12.0. The lowest BCUT2D eigenvalue weighted by Gasteiger charge is -1.92. The van der Waals surface area contributed by atoms with Crippen LogP contribution in [0.5, 0.6) is 5.75 Å². The van der Waals surface area contributed by atoms with Crippen LogP contribution < -0.4 is 11.2 Å². The molecule has 5 N–H and O–H groups in total. The van der Waals surface area contributed by atoms with Crippen LogP contribution in [0.25, 0.3) is 0 Å². The van der Waals surface area contributed by atoms with Crippen molar-refractivity contribution in [2.45, 2.75) is 0 Å². The van der Waals surface area contributed by atoms with Gasteiger partial charge in [0.2, 0.25) is 0 Å². The maximum atomic E-state index is 10.0. The fourth-order valence-corrected chi connectivity index (χ4v) is 0.838. The minimum atomic E-state index is -0.588. The van der Waals surface area contributed by atoms with Gasteiger partial charge in [-0.3, -0.25) is 0 Å². The minimum Gasteiger partial charge on any atom is -0.508 e. The van der Waals surface area contributed by atoms with Crippen molar-refractivity contribution >= 4 is 12.2 Å². The normalized spacial score (nSPS) is 11.6. The number of nitrogens with two attached hydrogens (primary N) is 1. The number of aromatic hydroxyl groups is 1. The van der Waals surface area contributed by atoms with Crippen LogP contribution in [0.2, 0.25) is 0 Å². The number of hydrogen-bond donors (Lipinski definition) is 4. The van der Waals surface area contributed by atoms with Crippen molar-refractivity contribution in [1.82, 2.24) is 5.43 Å². The largest absolute Gasteiger partial charge is 0.508 e. The predicted molar refractivity (Wildman–Crippen MR) is 55.9 cm³/mol. The van der Waals surface area contributed by atoms with Crippen molar-refractivity contribution in [2.24, 2.45) is 15.9 Å². The maximum absolute atomic E-state index is 10.0. The van der Waals surface area contributed by atoms with Gasteiger partial charge in [0.15, 0.2) is 0 Å². The van der Waals surface area contributed by atoms with Crippen LogP contribution in [-0.4, -0.2) is 27.5 Å². The van der Waals surface area contributed by atoms with E-state index >= 15 is 0 Å². The lowest BCUT2D eigenvalue weighted by atomic mass is 10.2. The summed E-state index contributed by atoms with van der Waals surface area (Å²) in [6, 6.07) is 6.20. The molecule has 0 spiro atoms. The number of guanidine groups is 1. The molecule has 0 fully saturated rings. The molecular weight excluding hydrogens is 214 g/mol. The van der Waals surface area contributed by atoms with Crippen LogP contribution >= 0.6 is 0 Å². The van der Waals surface area contributed by atoms with E-state index in [2.05, 4.69) is 10.2 Å². The first-order valence-electron chi connectivity index (χ1n) is 4.16. The highest BCUT2D eigenvalue weighted by Crippen LogP contribution is 2.07. The Morgan fingerprint density at radius 1 is 1.44 bits per heavy atom. The number of hydrogen-bond acceptors (Lipinski definition) is 4. The number of rotatable bonds is 3. The lowest BCUT2D eigenvalue weighted by molar-refractivity contribution is -0.822. The molecule has 1 rings (SSSR count). The molecule has 1 aromatic rings. The fourth-order valence-electron chi connectivity index (χ4n) is 0.838. The van der Waals surface area contributed by atoms with Gasteiger partial charge in [-0.1, -0.05) is 0 Å². The summed E-state index contributed by atoms with van der Waals surface area (Å²) in [7, 11) is 0. The molecule has 8 heteroatoms. The summed E-state index contributed by atoms with van der Waals surface area (Å²) < 4.78 is 0. The predicted octanol–water partition coefficient (Wildman–Crippen LogP) is -0.286. The van der Waals surface area contributed by atoms with E-state index in [0.717, 1.165) is 0 Å². The van der Waals surface area contributed by atoms with Gasteiger partial charge < -0.3 is 10.8 Å². The van der Waals surface area contributed by atoms with Gasteiger partial charge in [0.05, 0.1) is 6.21 Å². The molecule has 0 aliphatic heterocycles. The molecule has 0 saturated carbocycles. The van der Waals surface area contributed by atoms with E-state index in [-0.39, 0.29) is 11.7 Å². The monoisotopic (exact) mass is 224 g/mol. The molecule has 0 saturated heterocycles. The van der Waals surface area contributed by atoms with Crippen molar-refractivity contribution in [1.29, 1.82) is 0 Å². The second-order valence-corrected chi connectivity index (χ2v) is 2.71. The zero-order valence-corrected chi connectivity index (χ0v) is 8.11. The lowest BCUT2D eigenvalue weighted by Crippen LogP contribution is -2.36. The molecule has 0 unspecified atom stereocenters. The first-order chi connectivity index (χ1) is 7.58. The van der Waals surface area contributed by atoms with E-state index in [1.165, 1.54) is 18.3 Å². The van der Waals surface area contributed by atoms with Gasteiger partial charge in [-0.25, -0.2) is 5.21 Å².